The van der Waals surface area contributed by atoms with Gasteiger partial charge >= 0.3 is 19.8 Å². The first-order valence-corrected chi connectivity index (χ1v) is 14.8. The van der Waals surface area contributed by atoms with Gasteiger partial charge in [0.15, 0.2) is 0 Å². The third kappa shape index (κ3) is 22.2. The van der Waals surface area contributed by atoms with Gasteiger partial charge in [-0.2, -0.15) is 0 Å². The summed E-state index contributed by atoms with van der Waals surface area (Å²) in [5, 5.41) is 18.5. The van der Waals surface area contributed by atoms with Crippen LogP contribution in [0.2, 0.25) is 0 Å². The van der Waals surface area contributed by atoms with E-state index in [9.17, 15) is 24.2 Å². The van der Waals surface area contributed by atoms with E-state index in [1.807, 2.05) is 0 Å². The highest BCUT2D eigenvalue weighted by atomic mass is 31.2. The molecule has 0 rings (SSSR count). The molecule has 0 aromatic carbocycles. The Labute approximate surface area is 221 Å². The Morgan fingerprint density at radius 3 is 1.81 bits per heavy atom. The van der Waals surface area contributed by atoms with Crippen molar-refractivity contribution < 1.29 is 47.8 Å². The van der Waals surface area contributed by atoms with Crippen molar-refractivity contribution in [2.75, 3.05) is 26.4 Å². The lowest BCUT2D eigenvalue weighted by Crippen LogP contribution is -2.28. The van der Waals surface area contributed by atoms with E-state index in [0.29, 0.717) is 6.42 Å². The number of phosphoric acid groups is 1. The number of carbonyl (C=O) groups is 2. The van der Waals surface area contributed by atoms with Crippen molar-refractivity contribution in [3.63, 3.8) is 0 Å². The maximum atomic E-state index is 12.0. The van der Waals surface area contributed by atoms with Gasteiger partial charge in [-0.1, -0.05) is 70.3 Å². The van der Waals surface area contributed by atoms with Crippen molar-refractivity contribution >= 4 is 19.8 Å². The first-order valence-electron chi connectivity index (χ1n) is 13.3. The minimum absolute atomic E-state index is 0.0719. The fourth-order valence-corrected chi connectivity index (χ4v) is 3.83. The van der Waals surface area contributed by atoms with Crippen molar-refractivity contribution in [2.24, 2.45) is 0 Å². The standard InChI is InChI=1S/C26H47O10P/c1-3-5-6-7-8-9-10-11-12-13-14-15-16-17-18-26(30)36-24(20-28)22-34-37(31,32)33-21-23(19-27)35-25(29)4-2/h7-8,10-11,23-24,27-28H,3-6,9,12-22H2,1-2H3,(H,31,32)/b8-7-,11-10-. The van der Waals surface area contributed by atoms with E-state index in [0.717, 1.165) is 44.9 Å². The highest BCUT2D eigenvalue weighted by Gasteiger charge is 2.27. The van der Waals surface area contributed by atoms with E-state index in [1.54, 1.807) is 6.92 Å². The van der Waals surface area contributed by atoms with Crippen LogP contribution in [0.3, 0.4) is 0 Å². The van der Waals surface area contributed by atoms with Crippen LogP contribution in [-0.2, 0) is 32.7 Å². The van der Waals surface area contributed by atoms with Crippen molar-refractivity contribution in [3.05, 3.63) is 24.3 Å². The summed E-state index contributed by atoms with van der Waals surface area (Å²) in [4.78, 5) is 33.0. The zero-order valence-corrected chi connectivity index (χ0v) is 23.3. The van der Waals surface area contributed by atoms with Gasteiger partial charge in [0.1, 0.15) is 12.2 Å². The highest BCUT2D eigenvalue weighted by molar-refractivity contribution is 7.47. The predicted octanol–water partition coefficient (Wildman–Crippen LogP) is 4.76. The topological polar surface area (TPSA) is 149 Å². The third-order valence-electron chi connectivity index (χ3n) is 5.22. The molecule has 0 amide bonds. The van der Waals surface area contributed by atoms with Gasteiger partial charge in [0.25, 0.3) is 0 Å². The number of aliphatic hydroxyl groups excluding tert-OH is 2. The fourth-order valence-electron chi connectivity index (χ4n) is 3.04. The molecule has 3 unspecified atom stereocenters. The molecule has 3 atom stereocenters. The van der Waals surface area contributed by atoms with Crippen LogP contribution in [0.25, 0.3) is 0 Å². The van der Waals surface area contributed by atoms with Gasteiger partial charge in [-0.25, -0.2) is 4.57 Å². The van der Waals surface area contributed by atoms with Crippen LogP contribution < -0.4 is 0 Å². The van der Waals surface area contributed by atoms with E-state index in [-0.39, 0.29) is 12.8 Å². The first-order chi connectivity index (χ1) is 17.8. The number of esters is 2. The van der Waals surface area contributed by atoms with Crippen LogP contribution in [0.4, 0.5) is 0 Å². The molecule has 0 radical (unpaired) electrons. The summed E-state index contributed by atoms with van der Waals surface area (Å²) in [6.07, 6.45) is 17.2. The monoisotopic (exact) mass is 550 g/mol. The first kappa shape index (κ1) is 35.5. The molecule has 0 spiro atoms. The number of phosphoric ester groups is 1. The summed E-state index contributed by atoms with van der Waals surface area (Å²) in [7, 11) is -4.59. The second-order valence-electron chi connectivity index (χ2n) is 8.63. The summed E-state index contributed by atoms with van der Waals surface area (Å²) in [5.41, 5.74) is 0. The lowest BCUT2D eigenvalue weighted by molar-refractivity contribution is -0.153. The van der Waals surface area contributed by atoms with Crippen LogP contribution in [0.15, 0.2) is 24.3 Å². The molecule has 0 aromatic rings. The number of carbonyl (C=O) groups excluding carboxylic acids is 2. The maximum Gasteiger partial charge on any atom is 0.472 e. The van der Waals surface area contributed by atoms with Crippen molar-refractivity contribution in [3.8, 4) is 0 Å². The van der Waals surface area contributed by atoms with Gasteiger partial charge in [-0.3, -0.25) is 18.6 Å². The second-order valence-corrected chi connectivity index (χ2v) is 10.1. The quantitative estimate of drug-likeness (QED) is 0.0664. The zero-order valence-electron chi connectivity index (χ0n) is 22.4. The minimum Gasteiger partial charge on any atom is -0.457 e. The van der Waals surface area contributed by atoms with Crippen LogP contribution >= 0.6 is 7.82 Å². The molecule has 0 bridgehead atoms. The Balaban J connectivity index is 3.97. The molecular formula is C26H47O10P. The van der Waals surface area contributed by atoms with Gasteiger partial charge in [0.2, 0.25) is 0 Å². The van der Waals surface area contributed by atoms with Gasteiger partial charge in [-0.15, -0.1) is 0 Å². The van der Waals surface area contributed by atoms with Crippen LogP contribution in [0.5, 0.6) is 0 Å². The van der Waals surface area contributed by atoms with Crippen molar-refractivity contribution in [2.45, 2.75) is 103 Å². The fraction of sp³-hybridized carbons (Fsp3) is 0.769. The van der Waals surface area contributed by atoms with Crippen LogP contribution in [0, 0.1) is 0 Å². The molecule has 0 saturated carbocycles. The molecule has 11 heteroatoms. The van der Waals surface area contributed by atoms with Gasteiger partial charge in [-0.05, 0) is 32.1 Å². The number of allylic oxidation sites excluding steroid dienone is 4. The Kier molecular flexibility index (Phi) is 22.6. The smallest absolute Gasteiger partial charge is 0.457 e. The summed E-state index contributed by atoms with van der Waals surface area (Å²) in [5.74, 6) is -1.13. The van der Waals surface area contributed by atoms with Crippen molar-refractivity contribution in [1.82, 2.24) is 0 Å². The highest BCUT2D eigenvalue weighted by Crippen LogP contribution is 2.43. The molecule has 0 aliphatic heterocycles. The molecule has 10 nitrogen and oxygen atoms in total. The van der Waals surface area contributed by atoms with Crippen LogP contribution in [0.1, 0.15) is 90.9 Å². The van der Waals surface area contributed by atoms with Crippen LogP contribution in [-0.4, -0.2) is 65.7 Å². The molecular weight excluding hydrogens is 503 g/mol. The Morgan fingerprint density at radius 2 is 1.27 bits per heavy atom. The van der Waals surface area contributed by atoms with Gasteiger partial charge in [0.05, 0.1) is 26.4 Å². The summed E-state index contributed by atoms with van der Waals surface area (Å²) in [6, 6.07) is 0. The molecule has 0 fully saturated rings. The second kappa shape index (κ2) is 23.6. The van der Waals surface area contributed by atoms with Gasteiger partial charge in [0, 0.05) is 12.8 Å². The van der Waals surface area contributed by atoms with E-state index in [4.69, 9.17) is 23.6 Å². The molecule has 0 aliphatic carbocycles. The minimum atomic E-state index is -4.59. The number of ether oxygens (including phenoxy) is 2. The van der Waals surface area contributed by atoms with E-state index in [1.165, 1.54) is 12.8 Å². The zero-order chi connectivity index (χ0) is 27.8. The lowest BCUT2D eigenvalue weighted by atomic mass is 10.1. The summed E-state index contributed by atoms with van der Waals surface area (Å²) < 4.78 is 31.4. The molecule has 0 heterocycles. The number of rotatable bonds is 24. The van der Waals surface area contributed by atoms with Crippen molar-refractivity contribution in [1.29, 1.82) is 0 Å². The molecule has 37 heavy (non-hydrogen) atoms. The Hall–Kier alpha value is -1.55. The lowest BCUT2D eigenvalue weighted by Gasteiger charge is -2.20. The van der Waals surface area contributed by atoms with E-state index < -0.39 is 58.4 Å². The Bertz CT molecular complexity index is 695. The predicted molar refractivity (Wildman–Crippen MR) is 141 cm³/mol. The number of unbranched alkanes of at least 4 members (excludes halogenated alkanes) is 7. The molecule has 3 N–H and O–H groups in total. The summed E-state index contributed by atoms with van der Waals surface area (Å²) in [6.45, 7) is 1.43. The van der Waals surface area contributed by atoms with E-state index in [2.05, 4.69) is 31.2 Å². The Morgan fingerprint density at radius 1 is 0.757 bits per heavy atom. The SMILES string of the molecule is CCCC/C=C\C/C=C\CCCCCCCC(=O)OC(CO)COP(=O)(O)OCC(CO)OC(=O)CC. The average Bonchev–Trinajstić information content (AvgIpc) is 2.88. The third-order valence-corrected chi connectivity index (χ3v) is 6.17. The number of hydrogen-bond acceptors (Lipinski definition) is 9. The normalized spacial score (nSPS) is 15.1. The average molecular weight is 551 g/mol. The molecule has 0 saturated heterocycles. The van der Waals surface area contributed by atoms with Gasteiger partial charge < -0.3 is 24.6 Å². The molecule has 0 aliphatic rings. The largest absolute Gasteiger partial charge is 0.472 e. The molecule has 0 aromatic heterocycles. The molecule has 216 valence electrons. The number of aliphatic hydroxyl groups is 2. The number of hydrogen-bond donors (Lipinski definition) is 3. The summed E-state index contributed by atoms with van der Waals surface area (Å²) >= 11 is 0. The maximum absolute atomic E-state index is 12.0. The van der Waals surface area contributed by atoms with E-state index >= 15 is 0 Å².